The third-order valence-corrected chi connectivity index (χ3v) is 3.95. The normalized spacial score (nSPS) is 14.8. The van der Waals surface area contributed by atoms with Gasteiger partial charge < -0.3 is 9.52 Å². The van der Waals surface area contributed by atoms with Gasteiger partial charge in [-0.15, -0.1) is 21.5 Å². The van der Waals surface area contributed by atoms with E-state index in [0.29, 0.717) is 11.8 Å². The molecule has 6 heteroatoms. The quantitative estimate of drug-likeness (QED) is 0.881. The van der Waals surface area contributed by atoms with Crippen molar-refractivity contribution in [2.75, 3.05) is 13.6 Å². The Labute approximate surface area is 116 Å². The minimum atomic E-state index is -0.293. The number of thiophene rings is 1. The number of hydrogen-bond acceptors (Lipinski definition) is 6. The third-order valence-electron chi connectivity index (χ3n) is 3.09. The number of rotatable bonds is 6. The van der Waals surface area contributed by atoms with Gasteiger partial charge in [0.1, 0.15) is 0 Å². The maximum Gasteiger partial charge on any atom is 0.257 e. The van der Waals surface area contributed by atoms with Gasteiger partial charge in [-0.3, -0.25) is 4.90 Å². The Balaban J connectivity index is 2.01. The lowest BCUT2D eigenvalue weighted by molar-refractivity contribution is 0.146. The lowest BCUT2D eigenvalue weighted by atomic mass is 10.2. The van der Waals surface area contributed by atoms with Gasteiger partial charge in [0.05, 0.1) is 17.0 Å². The fourth-order valence-electron chi connectivity index (χ4n) is 1.68. The zero-order chi connectivity index (χ0) is 13.8. The van der Waals surface area contributed by atoms with Gasteiger partial charge in [0.15, 0.2) is 0 Å². The Morgan fingerprint density at radius 3 is 2.84 bits per heavy atom. The second kappa shape index (κ2) is 6.27. The molecular formula is C13H19N3O2S. The highest BCUT2D eigenvalue weighted by atomic mass is 32.1. The molecule has 2 aromatic rings. The first kappa shape index (κ1) is 14.2. The van der Waals surface area contributed by atoms with E-state index in [1.807, 2.05) is 31.5 Å². The molecular weight excluding hydrogens is 262 g/mol. The maximum absolute atomic E-state index is 9.31. The van der Waals surface area contributed by atoms with E-state index < -0.39 is 0 Å². The maximum atomic E-state index is 9.31. The summed E-state index contributed by atoms with van der Waals surface area (Å²) in [5.74, 6) is 1.18. The van der Waals surface area contributed by atoms with E-state index in [9.17, 15) is 5.11 Å². The minimum Gasteiger partial charge on any atom is -0.418 e. The highest BCUT2D eigenvalue weighted by Crippen LogP contribution is 2.26. The van der Waals surface area contributed by atoms with Crippen LogP contribution in [0.3, 0.4) is 0 Å². The fraction of sp³-hybridized carbons (Fsp3) is 0.538. The molecule has 0 saturated heterocycles. The average molecular weight is 281 g/mol. The lowest BCUT2D eigenvalue weighted by Crippen LogP contribution is -2.26. The molecule has 0 radical (unpaired) electrons. The first-order valence-corrected chi connectivity index (χ1v) is 7.21. The standard InChI is InChI=1S/C13H19N3O2S/c1-9(17)6-7-16(3)10(2)12-14-15-13(18-12)11-5-4-8-19-11/h4-5,8-10,17H,6-7H2,1-3H3. The summed E-state index contributed by atoms with van der Waals surface area (Å²) in [5, 5.41) is 19.5. The van der Waals surface area contributed by atoms with Crippen LogP contribution in [0, 0.1) is 0 Å². The largest absolute Gasteiger partial charge is 0.418 e. The molecule has 1 N–H and O–H groups in total. The summed E-state index contributed by atoms with van der Waals surface area (Å²) in [6.07, 6.45) is 0.436. The van der Waals surface area contributed by atoms with E-state index in [-0.39, 0.29) is 12.1 Å². The molecule has 0 aliphatic rings. The fourth-order valence-corrected chi connectivity index (χ4v) is 2.32. The van der Waals surface area contributed by atoms with Crippen LogP contribution < -0.4 is 0 Å². The molecule has 2 atom stereocenters. The Morgan fingerprint density at radius 2 is 2.21 bits per heavy atom. The van der Waals surface area contributed by atoms with Gasteiger partial charge in [0.25, 0.3) is 5.89 Å². The number of aromatic nitrogens is 2. The van der Waals surface area contributed by atoms with Crippen LogP contribution in [-0.2, 0) is 0 Å². The van der Waals surface area contributed by atoms with Crippen LogP contribution in [0.5, 0.6) is 0 Å². The van der Waals surface area contributed by atoms with Crippen LogP contribution >= 0.6 is 11.3 Å². The van der Waals surface area contributed by atoms with Crippen molar-refractivity contribution in [1.82, 2.24) is 15.1 Å². The van der Waals surface area contributed by atoms with E-state index in [2.05, 4.69) is 15.1 Å². The van der Waals surface area contributed by atoms with E-state index in [1.54, 1.807) is 18.3 Å². The number of aliphatic hydroxyl groups is 1. The zero-order valence-electron chi connectivity index (χ0n) is 11.4. The van der Waals surface area contributed by atoms with E-state index in [0.717, 1.165) is 17.8 Å². The molecule has 0 amide bonds. The summed E-state index contributed by atoms with van der Waals surface area (Å²) in [7, 11) is 1.99. The van der Waals surface area contributed by atoms with Gasteiger partial charge in [-0.1, -0.05) is 6.07 Å². The van der Waals surface area contributed by atoms with Gasteiger partial charge in [-0.25, -0.2) is 0 Å². The van der Waals surface area contributed by atoms with Crippen molar-refractivity contribution >= 4 is 11.3 Å². The van der Waals surface area contributed by atoms with Gasteiger partial charge in [-0.2, -0.15) is 0 Å². The van der Waals surface area contributed by atoms with Gasteiger partial charge in [-0.05, 0) is 38.8 Å². The van der Waals surface area contributed by atoms with Crippen LogP contribution in [0.4, 0.5) is 0 Å². The van der Waals surface area contributed by atoms with Crippen molar-refractivity contribution in [2.45, 2.75) is 32.4 Å². The predicted octanol–water partition coefficient (Wildman–Crippen LogP) is 2.56. The van der Waals surface area contributed by atoms with Crippen molar-refractivity contribution in [3.05, 3.63) is 23.4 Å². The molecule has 0 saturated carbocycles. The summed E-state index contributed by atoms with van der Waals surface area (Å²) in [6.45, 7) is 4.60. The Morgan fingerprint density at radius 1 is 1.42 bits per heavy atom. The smallest absolute Gasteiger partial charge is 0.257 e. The van der Waals surface area contributed by atoms with Crippen molar-refractivity contribution in [1.29, 1.82) is 0 Å². The van der Waals surface area contributed by atoms with E-state index in [4.69, 9.17) is 4.42 Å². The molecule has 0 bridgehead atoms. The number of aliphatic hydroxyl groups excluding tert-OH is 1. The van der Waals surface area contributed by atoms with Crippen LogP contribution in [0.2, 0.25) is 0 Å². The number of hydrogen-bond donors (Lipinski definition) is 1. The summed E-state index contributed by atoms with van der Waals surface area (Å²) in [5.41, 5.74) is 0. The van der Waals surface area contributed by atoms with Crippen molar-refractivity contribution in [2.24, 2.45) is 0 Å². The van der Waals surface area contributed by atoms with Crippen molar-refractivity contribution in [3.8, 4) is 10.8 Å². The Hall–Kier alpha value is -1.24. The molecule has 2 unspecified atom stereocenters. The summed E-state index contributed by atoms with van der Waals surface area (Å²) in [6, 6.07) is 3.96. The molecule has 0 aliphatic carbocycles. The Kier molecular flexibility index (Phi) is 4.68. The monoisotopic (exact) mass is 281 g/mol. The first-order chi connectivity index (χ1) is 9.08. The first-order valence-electron chi connectivity index (χ1n) is 6.33. The van der Waals surface area contributed by atoms with E-state index >= 15 is 0 Å². The van der Waals surface area contributed by atoms with Gasteiger partial charge in [0, 0.05) is 6.54 Å². The molecule has 2 heterocycles. The molecule has 0 fully saturated rings. The molecule has 0 spiro atoms. The predicted molar refractivity (Wildman–Crippen MR) is 75.0 cm³/mol. The van der Waals surface area contributed by atoms with Crippen LogP contribution in [-0.4, -0.2) is 39.9 Å². The van der Waals surface area contributed by atoms with Crippen LogP contribution in [0.15, 0.2) is 21.9 Å². The second-order valence-corrected chi connectivity index (χ2v) is 5.66. The topological polar surface area (TPSA) is 62.4 Å². The molecule has 104 valence electrons. The van der Waals surface area contributed by atoms with Crippen LogP contribution in [0.25, 0.3) is 10.8 Å². The second-order valence-electron chi connectivity index (χ2n) is 4.72. The summed E-state index contributed by atoms with van der Waals surface area (Å²) < 4.78 is 5.70. The van der Waals surface area contributed by atoms with E-state index in [1.165, 1.54) is 0 Å². The lowest BCUT2D eigenvalue weighted by Gasteiger charge is -2.22. The SMILES string of the molecule is CC(O)CCN(C)C(C)c1nnc(-c2cccs2)o1. The Bertz CT molecular complexity index is 496. The highest BCUT2D eigenvalue weighted by molar-refractivity contribution is 7.13. The molecule has 0 aliphatic heterocycles. The zero-order valence-corrected chi connectivity index (χ0v) is 12.2. The van der Waals surface area contributed by atoms with Gasteiger partial charge in [0.2, 0.25) is 5.89 Å². The third kappa shape index (κ3) is 3.62. The molecule has 19 heavy (non-hydrogen) atoms. The summed E-state index contributed by atoms with van der Waals surface area (Å²) >= 11 is 1.58. The number of nitrogens with zero attached hydrogens (tertiary/aromatic N) is 3. The molecule has 5 nitrogen and oxygen atoms in total. The minimum absolute atomic E-state index is 0.0416. The molecule has 2 aromatic heterocycles. The van der Waals surface area contributed by atoms with Crippen molar-refractivity contribution < 1.29 is 9.52 Å². The summed E-state index contributed by atoms with van der Waals surface area (Å²) in [4.78, 5) is 3.08. The molecule has 2 rings (SSSR count). The van der Waals surface area contributed by atoms with Gasteiger partial charge >= 0.3 is 0 Å². The van der Waals surface area contributed by atoms with Crippen LogP contribution in [0.1, 0.15) is 32.2 Å². The average Bonchev–Trinajstić information content (AvgIpc) is 3.04. The van der Waals surface area contributed by atoms with Crippen molar-refractivity contribution in [3.63, 3.8) is 0 Å². The molecule has 0 aromatic carbocycles. The highest BCUT2D eigenvalue weighted by Gasteiger charge is 2.19.